The average molecular weight is 505 g/mol. The molecule has 0 aliphatic carbocycles. The quantitative estimate of drug-likeness (QED) is 0.206. The molecule has 0 atom stereocenters. The second-order valence-corrected chi connectivity index (χ2v) is 10.9. The van der Waals surface area contributed by atoms with E-state index in [1.807, 2.05) is 25.5 Å². The first-order valence-corrected chi connectivity index (χ1v) is 13.2. The largest absolute Gasteiger partial charge is 0.384 e. The molecule has 6 nitrogen and oxygen atoms in total. The number of aromatic nitrogens is 5. The number of nitrogens with zero attached hydrogens (tertiary/aromatic N) is 3. The van der Waals surface area contributed by atoms with Gasteiger partial charge in [-0.1, -0.05) is 32.6 Å². The Morgan fingerprint density at radius 1 is 1.03 bits per heavy atom. The lowest BCUT2D eigenvalue weighted by molar-refractivity contribution is 0.688. The van der Waals surface area contributed by atoms with E-state index in [4.69, 9.17) is 0 Å². The van der Waals surface area contributed by atoms with Crippen LogP contribution in [-0.4, -0.2) is 31.7 Å². The highest BCUT2D eigenvalue weighted by Gasteiger charge is 2.15. The van der Waals surface area contributed by atoms with Gasteiger partial charge < -0.3 is 10.3 Å². The number of nitrogens with one attached hydrogen (secondary N) is 3. The molecular formula is C30H28N6S. The molecule has 184 valence electrons. The Labute approximate surface area is 219 Å². The molecule has 0 saturated heterocycles. The molecule has 0 fully saturated rings. The maximum atomic E-state index is 4.63. The third-order valence-corrected chi connectivity index (χ3v) is 7.70. The third kappa shape index (κ3) is 4.42. The molecule has 0 amide bonds. The molecular weight excluding hydrogens is 476 g/mol. The van der Waals surface area contributed by atoms with E-state index in [9.17, 15) is 0 Å². The maximum absolute atomic E-state index is 4.63. The molecule has 0 aliphatic heterocycles. The zero-order valence-corrected chi connectivity index (χ0v) is 21.9. The van der Waals surface area contributed by atoms with Crippen LogP contribution in [0.2, 0.25) is 0 Å². The Balaban J connectivity index is 1.40. The van der Waals surface area contributed by atoms with Crippen LogP contribution < -0.4 is 5.32 Å². The molecule has 7 heteroatoms. The number of fused-ring (bicyclic) bond motifs is 2. The van der Waals surface area contributed by atoms with Crippen molar-refractivity contribution in [2.75, 3.05) is 11.9 Å². The van der Waals surface area contributed by atoms with E-state index in [-0.39, 0.29) is 0 Å². The summed E-state index contributed by atoms with van der Waals surface area (Å²) in [4.78, 5) is 15.1. The highest BCUT2D eigenvalue weighted by atomic mass is 32.1. The molecule has 0 bridgehead atoms. The van der Waals surface area contributed by atoms with Crippen LogP contribution in [0.4, 0.5) is 5.69 Å². The van der Waals surface area contributed by atoms with E-state index >= 15 is 0 Å². The SMILES string of the molecule is C=C(C)c1ccc(-c2cccc3[nH]c(-c4[nH]nc5ncc(-c6cncc(NCC(C)C)c6)cc45)cc23)s1. The second kappa shape index (κ2) is 9.33. The highest BCUT2D eigenvalue weighted by molar-refractivity contribution is 7.16. The molecule has 5 aromatic heterocycles. The van der Waals surface area contributed by atoms with Crippen molar-refractivity contribution in [3.8, 4) is 33.0 Å². The van der Waals surface area contributed by atoms with Gasteiger partial charge in [-0.25, -0.2) is 4.98 Å². The fraction of sp³-hybridized carbons (Fsp3) is 0.167. The summed E-state index contributed by atoms with van der Waals surface area (Å²) in [5.74, 6) is 0.556. The van der Waals surface area contributed by atoms with Gasteiger partial charge >= 0.3 is 0 Å². The van der Waals surface area contributed by atoms with Gasteiger partial charge in [-0.2, -0.15) is 5.10 Å². The van der Waals surface area contributed by atoms with Crippen LogP contribution >= 0.6 is 11.3 Å². The number of anilines is 1. The zero-order chi connectivity index (χ0) is 25.5. The highest BCUT2D eigenvalue weighted by Crippen LogP contribution is 2.38. The Kier molecular flexibility index (Phi) is 5.85. The molecule has 0 radical (unpaired) electrons. The molecule has 0 spiro atoms. The van der Waals surface area contributed by atoms with Crippen molar-refractivity contribution in [3.63, 3.8) is 0 Å². The van der Waals surface area contributed by atoms with Crippen LogP contribution in [0.1, 0.15) is 25.6 Å². The van der Waals surface area contributed by atoms with Gasteiger partial charge in [0, 0.05) is 67.9 Å². The van der Waals surface area contributed by atoms with E-state index in [1.54, 1.807) is 11.3 Å². The zero-order valence-electron chi connectivity index (χ0n) is 21.1. The molecule has 5 heterocycles. The third-order valence-electron chi connectivity index (χ3n) is 6.42. The lowest BCUT2D eigenvalue weighted by Gasteiger charge is -2.10. The van der Waals surface area contributed by atoms with Crippen molar-refractivity contribution in [1.29, 1.82) is 0 Å². The van der Waals surface area contributed by atoms with Crippen molar-refractivity contribution in [2.24, 2.45) is 5.92 Å². The minimum Gasteiger partial charge on any atom is -0.384 e. The van der Waals surface area contributed by atoms with Crippen LogP contribution in [0.15, 0.2) is 73.7 Å². The van der Waals surface area contributed by atoms with Gasteiger partial charge in [-0.15, -0.1) is 11.3 Å². The lowest BCUT2D eigenvalue weighted by Crippen LogP contribution is -2.08. The maximum Gasteiger partial charge on any atom is 0.181 e. The van der Waals surface area contributed by atoms with E-state index in [0.29, 0.717) is 11.6 Å². The van der Waals surface area contributed by atoms with Crippen molar-refractivity contribution in [3.05, 3.63) is 78.6 Å². The Hall–Kier alpha value is -4.23. The summed E-state index contributed by atoms with van der Waals surface area (Å²) < 4.78 is 0. The van der Waals surface area contributed by atoms with Gasteiger partial charge in [0.15, 0.2) is 5.65 Å². The molecule has 3 N–H and O–H groups in total. The number of H-pyrrole nitrogens is 2. The van der Waals surface area contributed by atoms with E-state index < -0.39 is 0 Å². The van der Waals surface area contributed by atoms with Crippen LogP contribution in [0.3, 0.4) is 0 Å². The number of benzene rings is 1. The van der Waals surface area contributed by atoms with Gasteiger partial charge in [0.25, 0.3) is 0 Å². The predicted octanol–water partition coefficient (Wildman–Crippen LogP) is 8.00. The number of thiophene rings is 1. The van der Waals surface area contributed by atoms with Crippen LogP contribution in [0.5, 0.6) is 0 Å². The average Bonchev–Trinajstić information content (AvgIpc) is 3.65. The predicted molar refractivity (Wildman–Crippen MR) is 156 cm³/mol. The smallest absolute Gasteiger partial charge is 0.181 e. The Morgan fingerprint density at radius 2 is 1.89 bits per heavy atom. The van der Waals surface area contributed by atoms with Crippen LogP contribution in [0.25, 0.3) is 60.5 Å². The van der Waals surface area contributed by atoms with Gasteiger partial charge in [0.1, 0.15) is 0 Å². The molecule has 0 aliphatic rings. The van der Waals surface area contributed by atoms with Crippen molar-refractivity contribution >= 4 is 44.5 Å². The van der Waals surface area contributed by atoms with Crippen molar-refractivity contribution in [1.82, 2.24) is 25.1 Å². The number of allylic oxidation sites excluding steroid dienone is 1. The lowest BCUT2D eigenvalue weighted by atomic mass is 10.1. The number of aromatic amines is 2. The van der Waals surface area contributed by atoms with Crippen molar-refractivity contribution in [2.45, 2.75) is 20.8 Å². The first kappa shape index (κ1) is 23.2. The number of pyridine rings is 2. The standard InChI is InChI=1S/C30H28N6S/c1-17(2)13-32-21-10-19(14-31-16-21)20-11-24-29(35-36-30(24)33-15-20)26-12-23-22(6-5-7-25(23)34-26)28-9-8-27(37-28)18(3)4/h5-12,14-17,32,34H,3,13H2,1-2,4H3,(H,33,35,36). The van der Waals surface area contributed by atoms with Gasteiger partial charge in [0.2, 0.25) is 0 Å². The fourth-order valence-electron chi connectivity index (χ4n) is 4.50. The van der Waals surface area contributed by atoms with E-state index in [2.05, 4.69) is 99.4 Å². The minimum absolute atomic E-state index is 0.556. The molecule has 0 unspecified atom stereocenters. The van der Waals surface area contributed by atoms with Gasteiger partial charge in [0.05, 0.1) is 17.1 Å². The Morgan fingerprint density at radius 3 is 2.70 bits per heavy atom. The number of hydrogen-bond donors (Lipinski definition) is 3. The monoisotopic (exact) mass is 504 g/mol. The topological polar surface area (TPSA) is 82.3 Å². The van der Waals surface area contributed by atoms with Crippen LogP contribution in [0, 0.1) is 5.92 Å². The fourth-order valence-corrected chi connectivity index (χ4v) is 5.47. The summed E-state index contributed by atoms with van der Waals surface area (Å²) in [6.07, 6.45) is 5.59. The normalized spacial score (nSPS) is 11.6. The first-order valence-electron chi connectivity index (χ1n) is 12.4. The minimum atomic E-state index is 0.556. The number of hydrogen-bond acceptors (Lipinski definition) is 5. The number of rotatable bonds is 7. The summed E-state index contributed by atoms with van der Waals surface area (Å²) in [7, 11) is 0. The molecule has 37 heavy (non-hydrogen) atoms. The van der Waals surface area contributed by atoms with E-state index in [0.717, 1.165) is 51.2 Å². The van der Waals surface area contributed by atoms with Crippen LogP contribution in [-0.2, 0) is 0 Å². The summed E-state index contributed by atoms with van der Waals surface area (Å²) in [5, 5.41) is 13.3. The van der Waals surface area contributed by atoms with Crippen molar-refractivity contribution < 1.29 is 0 Å². The summed E-state index contributed by atoms with van der Waals surface area (Å²) in [6, 6.07) is 17.1. The Bertz CT molecular complexity index is 1750. The second-order valence-electron chi connectivity index (χ2n) is 9.82. The summed E-state index contributed by atoms with van der Waals surface area (Å²) in [5.41, 5.74) is 8.97. The van der Waals surface area contributed by atoms with E-state index in [1.165, 1.54) is 20.7 Å². The summed E-state index contributed by atoms with van der Waals surface area (Å²) >= 11 is 1.77. The molecule has 6 aromatic rings. The molecule has 6 rings (SSSR count). The first-order chi connectivity index (χ1) is 18.0. The van der Waals surface area contributed by atoms with Gasteiger partial charge in [-0.05, 0) is 54.8 Å². The van der Waals surface area contributed by atoms with Gasteiger partial charge in [-0.3, -0.25) is 10.1 Å². The molecule has 1 aromatic carbocycles. The molecule has 0 saturated carbocycles. The summed E-state index contributed by atoms with van der Waals surface area (Å²) in [6.45, 7) is 11.4.